The smallest absolute Gasteiger partial charge is 0.294 e. The molecule has 94 valence electrons. The first-order valence-corrected chi connectivity index (χ1v) is 7.01. The average Bonchev–Trinajstić information content (AvgIpc) is 2.14. The van der Waals surface area contributed by atoms with E-state index in [0.717, 1.165) is 19.1 Å². The van der Waals surface area contributed by atoms with Crippen LogP contribution in [0.4, 0.5) is 0 Å². The predicted octanol–water partition coefficient (Wildman–Crippen LogP) is 0.383. The summed E-state index contributed by atoms with van der Waals surface area (Å²) in [5.74, 6) is -0.667. The fourth-order valence-corrected chi connectivity index (χ4v) is 2.51. The molecule has 0 aliphatic rings. The molecule has 9 heteroatoms. The minimum Gasteiger partial charge on any atom is -0.294 e. The van der Waals surface area contributed by atoms with Gasteiger partial charge in [0.1, 0.15) is 4.90 Å². The Hall–Kier alpha value is -1.29. The quantitative estimate of drug-likeness (QED) is 0.605. The van der Waals surface area contributed by atoms with E-state index in [1.165, 1.54) is 0 Å². The van der Waals surface area contributed by atoms with Gasteiger partial charge in [0.05, 0.1) is 4.90 Å². The highest BCUT2D eigenvalue weighted by atomic mass is 32.2. The van der Waals surface area contributed by atoms with Crippen LogP contribution in [-0.2, 0) is 20.2 Å². The summed E-state index contributed by atoms with van der Waals surface area (Å²) in [6.07, 6.45) is 0. The molecular formula is C8H8O7S2. The summed E-state index contributed by atoms with van der Waals surface area (Å²) in [5.41, 5.74) is -0.361. The van der Waals surface area contributed by atoms with Crippen LogP contribution >= 0.6 is 0 Å². The number of ketones is 1. The van der Waals surface area contributed by atoms with E-state index in [1.807, 2.05) is 0 Å². The molecule has 0 saturated carbocycles. The van der Waals surface area contributed by atoms with Gasteiger partial charge in [-0.15, -0.1) is 0 Å². The number of hydrogen-bond acceptors (Lipinski definition) is 5. The first-order chi connectivity index (χ1) is 7.53. The highest BCUT2D eigenvalue weighted by molar-refractivity contribution is 7.86. The summed E-state index contributed by atoms with van der Waals surface area (Å²) in [5, 5.41) is 0. The van der Waals surface area contributed by atoms with Gasteiger partial charge in [-0.25, -0.2) is 0 Å². The lowest BCUT2D eigenvalue weighted by molar-refractivity contribution is 0.101. The van der Waals surface area contributed by atoms with Gasteiger partial charge in [0, 0.05) is 5.56 Å². The van der Waals surface area contributed by atoms with Crippen molar-refractivity contribution in [2.75, 3.05) is 0 Å². The molecule has 1 rings (SSSR count). The monoisotopic (exact) mass is 280 g/mol. The molecule has 0 aliphatic heterocycles. The summed E-state index contributed by atoms with van der Waals surface area (Å²) in [6, 6.07) is 2.27. The molecule has 0 radical (unpaired) electrons. The Labute approximate surface area is 97.6 Å². The molecule has 1 aromatic rings. The Balaban J connectivity index is 3.69. The van der Waals surface area contributed by atoms with E-state index in [0.29, 0.717) is 6.07 Å². The van der Waals surface area contributed by atoms with E-state index < -0.39 is 35.8 Å². The SMILES string of the molecule is CC(=O)c1ccc(S(=O)(=O)O)cc1S(=O)(=O)O. The molecule has 2 N–H and O–H groups in total. The number of carbonyl (C=O) groups excluding carboxylic acids is 1. The average molecular weight is 280 g/mol. The molecule has 0 aromatic heterocycles. The third kappa shape index (κ3) is 3.09. The summed E-state index contributed by atoms with van der Waals surface area (Å²) < 4.78 is 61.1. The van der Waals surface area contributed by atoms with Crippen molar-refractivity contribution in [1.82, 2.24) is 0 Å². The molecule has 17 heavy (non-hydrogen) atoms. The van der Waals surface area contributed by atoms with Crippen LogP contribution in [-0.4, -0.2) is 31.7 Å². The van der Waals surface area contributed by atoms with E-state index in [-0.39, 0.29) is 5.56 Å². The Morgan fingerprint density at radius 1 is 1.06 bits per heavy atom. The standard InChI is InChI=1S/C8H8O7S2/c1-5(9)7-3-2-6(16(10,11)12)4-8(7)17(13,14)15/h2-4H,1H3,(H,10,11,12)(H,13,14,15). The van der Waals surface area contributed by atoms with E-state index in [4.69, 9.17) is 9.11 Å². The fraction of sp³-hybridized carbons (Fsp3) is 0.125. The second-order valence-electron chi connectivity index (χ2n) is 3.16. The lowest BCUT2D eigenvalue weighted by Crippen LogP contribution is -2.09. The van der Waals surface area contributed by atoms with Gasteiger partial charge in [-0.1, -0.05) is 0 Å². The van der Waals surface area contributed by atoms with Gasteiger partial charge in [-0.3, -0.25) is 13.9 Å². The van der Waals surface area contributed by atoms with Crippen LogP contribution in [0.3, 0.4) is 0 Å². The minimum atomic E-state index is -4.76. The van der Waals surface area contributed by atoms with Crippen molar-refractivity contribution in [3.8, 4) is 0 Å². The number of carbonyl (C=O) groups is 1. The summed E-state index contributed by atoms with van der Waals surface area (Å²) in [4.78, 5) is 9.50. The molecule has 0 atom stereocenters. The second kappa shape index (κ2) is 4.18. The Morgan fingerprint density at radius 3 is 1.94 bits per heavy atom. The first-order valence-electron chi connectivity index (χ1n) is 4.13. The lowest BCUT2D eigenvalue weighted by atomic mass is 10.1. The molecule has 0 heterocycles. The van der Waals surface area contributed by atoms with Crippen LogP contribution in [0.5, 0.6) is 0 Å². The normalized spacial score (nSPS) is 12.4. The molecule has 0 bridgehead atoms. The molecule has 0 fully saturated rings. The fourth-order valence-electron chi connectivity index (χ4n) is 1.17. The van der Waals surface area contributed by atoms with Crippen molar-refractivity contribution in [2.24, 2.45) is 0 Å². The third-order valence-electron chi connectivity index (χ3n) is 1.91. The maximum Gasteiger partial charge on any atom is 0.295 e. The zero-order valence-electron chi connectivity index (χ0n) is 8.48. The maximum atomic E-state index is 11.1. The maximum absolute atomic E-state index is 11.1. The van der Waals surface area contributed by atoms with E-state index in [1.54, 1.807) is 0 Å². The van der Waals surface area contributed by atoms with E-state index >= 15 is 0 Å². The molecule has 0 spiro atoms. The van der Waals surface area contributed by atoms with Crippen molar-refractivity contribution < 1.29 is 30.7 Å². The molecule has 7 nitrogen and oxygen atoms in total. The summed E-state index contributed by atoms with van der Waals surface area (Å²) in [6.45, 7) is 1.05. The zero-order chi connectivity index (χ0) is 13.4. The van der Waals surface area contributed by atoms with Crippen LogP contribution in [0, 0.1) is 0 Å². The van der Waals surface area contributed by atoms with E-state index in [2.05, 4.69) is 0 Å². The van der Waals surface area contributed by atoms with Crippen LogP contribution in [0.15, 0.2) is 28.0 Å². The Bertz CT molecular complexity index is 670. The second-order valence-corrected chi connectivity index (χ2v) is 5.98. The van der Waals surface area contributed by atoms with Gasteiger partial charge < -0.3 is 0 Å². The number of hydrogen-bond donors (Lipinski definition) is 2. The van der Waals surface area contributed by atoms with Crippen LogP contribution < -0.4 is 0 Å². The van der Waals surface area contributed by atoms with Gasteiger partial charge in [-0.2, -0.15) is 16.8 Å². The molecule has 0 saturated heterocycles. The largest absolute Gasteiger partial charge is 0.295 e. The Morgan fingerprint density at radius 2 is 1.59 bits per heavy atom. The van der Waals surface area contributed by atoms with Gasteiger partial charge in [0.15, 0.2) is 5.78 Å². The van der Waals surface area contributed by atoms with Gasteiger partial charge in [-0.05, 0) is 25.1 Å². The van der Waals surface area contributed by atoms with Crippen LogP contribution in [0.25, 0.3) is 0 Å². The lowest BCUT2D eigenvalue weighted by Gasteiger charge is -2.05. The third-order valence-corrected chi connectivity index (χ3v) is 3.65. The van der Waals surface area contributed by atoms with Crippen molar-refractivity contribution >= 4 is 26.0 Å². The van der Waals surface area contributed by atoms with Gasteiger partial charge in [0.2, 0.25) is 0 Å². The molecular weight excluding hydrogens is 272 g/mol. The first kappa shape index (κ1) is 13.8. The van der Waals surface area contributed by atoms with Crippen LogP contribution in [0.1, 0.15) is 17.3 Å². The minimum absolute atomic E-state index is 0.361. The highest BCUT2D eigenvalue weighted by Crippen LogP contribution is 2.20. The van der Waals surface area contributed by atoms with Crippen molar-refractivity contribution in [3.63, 3.8) is 0 Å². The molecule has 0 aliphatic carbocycles. The van der Waals surface area contributed by atoms with Crippen molar-refractivity contribution in [1.29, 1.82) is 0 Å². The van der Waals surface area contributed by atoms with Gasteiger partial charge in [0.25, 0.3) is 20.2 Å². The van der Waals surface area contributed by atoms with Crippen molar-refractivity contribution in [2.45, 2.75) is 16.7 Å². The molecule has 1 aromatic carbocycles. The van der Waals surface area contributed by atoms with Gasteiger partial charge >= 0.3 is 0 Å². The van der Waals surface area contributed by atoms with Crippen molar-refractivity contribution in [3.05, 3.63) is 23.8 Å². The number of benzene rings is 1. The van der Waals surface area contributed by atoms with Crippen LogP contribution in [0.2, 0.25) is 0 Å². The topological polar surface area (TPSA) is 126 Å². The summed E-state index contributed by atoms with van der Waals surface area (Å²) >= 11 is 0. The highest BCUT2D eigenvalue weighted by Gasteiger charge is 2.22. The molecule has 0 amide bonds. The number of rotatable bonds is 3. The van der Waals surface area contributed by atoms with E-state index in [9.17, 15) is 21.6 Å². The summed E-state index contributed by atoms with van der Waals surface area (Å²) in [7, 11) is -9.37. The Kier molecular flexibility index (Phi) is 3.39. The number of Topliss-reactive ketones (excluding diaryl/α,β-unsaturated/α-hetero) is 1. The zero-order valence-corrected chi connectivity index (χ0v) is 10.1. The predicted molar refractivity (Wildman–Crippen MR) is 56.1 cm³/mol. The molecule has 0 unspecified atom stereocenters.